The smallest absolute Gasteiger partial charge is 0.232 e. The highest BCUT2D eigenvalue weighted by Crippen LogP contribution is 2.39. The van der Waals surface area contributed by atoms with E-state index >= 15 is 0 Å². The van der Waals surface area contributed by atoms with E-state index in [1.807, 2.05) is 54.6 Å². The summed E-state index contributed by atoms with van der Waals surface area (Å²) in [5.41, 5.74) is 4.00. The largest absolute Gasteiger partial charge is 0.329 e. The molecule has 1 aliphatic carbocycles. The lowest BCUT2D eigenvalue weighted by molar-refractivity contribution is -0.129. The normalized spacial score (nSPS) is 21.3. The van der Waals surface area contributed by atoms with Crippen LogP contribution in [0.25, 0.3) is 0 Å². The van der Waals surface area contributed by atoms with Gasteiger partial charge in [0.05, 0.1) is 5.92 Å². The molecule has 2 aromatic rings. The van der Waals surface area contributed by atoms with E-state index < -0.39 is 5.92 Å². The summed E-state index contributed by atoms with van der Waals surface area (Å²) >= 11 is 0. The maximum Gasteiger partial charge on any atom is 0.232 e. The summed E-state index contributed by atoms with van der Waals surface area (Å²) in [7, 11) is 0. The Hall–Kier alpha value is -3.21. The quantitative estimate of drug-likeness (QED) is 0.801. The molecule has 1 aliphatic heterocycles. The standard InChI is InChI=1S/C25H26N2O3/c1-15(2)16-8-10-19(11-9-16)26-25(30)20-14-23(29)27-21-12-18(13-22(28)24(20)21)17-6-4-3-5-7-17/h3-11,15,18,20H,12-14H2,1-2H3,(H,26,30)(H,27,29)/t18-,20+/m1/s1. The molecule has 0 bridgehead atoms. The summed E-state index contributed by atoms with van der Waals surface area (Å²) in [4.78, 5) is 38.3. The summed E-state index contributed by atoms with van der Waals surface area (Å²) in [5.74, 6) is -0.903. The van der Waals surface area contributed by atoms with E-state index in [4.69, 9.17) is 0 Å². The van der Waals surface area contributed by atoms with Gasteiger partial charge in [0.2, 0.25) is 11.8 Å². The van der Waals surface area contributed by atoms with Crippen molar-refractivity contribution in [3.8, 4) is 0 Å². The minimum atomic E-state index is -0.747. The summed E-state index contributed by atoms with van der Waals surface area (Å²) in [5, 5.41) is 5.75. The van der Waals surface area contributed by atoms with Gasteiger partial charge >= 0.3 is 0 Å². The molecule has 0 saturated carbocycles. The van der Waals surface area contributed by atoms with Crippen LogP contribution in [0.1, 0.15) is 56.1 Å². The van der Waals surface area contributed by atoms with Gasteiger partial charge in [-0.05, 0) is 41.5 Å². The predicted octanol–water partition coefficient (Wildman–Crippen LogP) is 4.29. The third kappa shape index (κ3) is 4.06. The highest BCUT2D eigenvalue weighted by Gasteiger charge is 2.40. The number of carbonyl (C=O) groups excluding carboxylic acids is 3. The number of anilines is 1. The minimum Gasteiger partial charge on any atom is -0.329 e. The van der Waals surface area contributed by atoms with Gasteiger partial charge in [-0.15, -0.1) is 0 Å². The first-order valence-corrected chi connectivity index (χ1v) is 10.4. The Balaban J connectivity index is 1.56. The topological polar surface area (TPSA) is 75.3 Å². The van der Waals surface area contributed by atoms with Crippen LogP contribution in [0.15, 0.2) is 65.9 Å². The van der Waals surface area contributed by atoms with E-state index in [0.717, 1.165) is 5.56 Å². The highest BCUT2D eigenvalue weighted by atomic mass is 16.2. The van der Waals surface area contributed by atoms with Crippen molar-refractivity contribution in [3.63, 3.8) is 0 Å². The maximum absolute atomic E-state index is 13.0. The number of hydrogen-bond acceptors (Lipinski definition) is 3. The van der Waals surface area contributed by atoms with E-state index in [2.05, 4.69) is 24.5 Å². The SMILES string of the molecule is CC(C)c1ccc(NC(=O)[C@H]2CC(=O)NC3=C2C(=O)C[C@H](c2ccccc2)C3)cc1. The molecule has 30 heavy (non-hydrogen) atoms. The summed E-state index contributed by atoms with van der Waals surface area (Å²) in [6.07, 6.45) is 0.908. The Morgan fingerprint density at radius 3 is 2.33 bits per heavy atom. The zero-order valence-electron chi connectivity index (χ0n) is 17.3. The van der Waals surface area contributed by atoms with Gasteiger partial charge in [-0.1, -0.05) is 56.3 Å². The molecule has 1 heterocycles. The van der Waals surface area contributed by atoms with E-state index in [9.17, 15) is 14.4 Å². The number of ketones is 1. The van der Waals surface area contributed by atoms with Crippen molar-refractivity contribution in [1.29, 1.82) is 0 Å². The van der Waals surface area contributed by atoms with Crippen molar-refractivity contribution in [1.82, 2.24) is 5.32 Å². The van der Waals surface area contributed by atoms with Gasteiger partial charge in [0.1, 0.15) is 0 Å². The monoisotopic (exact) mass is 402 g/mol. The van der Waals surface area contributed by atoms with E-state index in [1.165, 1.54) is 5.56 Å². The Bertz CT molecular complexity index is 1010. The van der Waals surface area contributed by atoms with E-state index in [1.54, 1.807) is 0 Å². The molecule has 2 aliphatic rings. The Labute approximate surface area is 176 Å². The second-order valence-electron chi connectivity index (χ2n) is 8.40. The van der Waals surface area contributed by atoms with Crippen LogP contribution in [-0.4, -0.2) is 17.6 Å². The second kappa shape index (κ2) is 8.27. The first-order chi connectivity index (χ1) is 14.4. The predicted molar refractivity (Wildman–Crippen MR) is 116 cm³/mol. The average Bonchev–Trinajstić information content (AvgIpc) is 2.73. The lowest BCUT2D eigenvalue weighted by Crippen LogP contribution is -2.43. The molecule has 0 aromatic heterocycles. The Morgan fingerprint density at radius 2 is 1.67 bits per heavy atom. The first kappa shape index (κ1) is 20.1. The van der Waals surface area contributed by atoms with E-state index in [0.29, 0.717) is 35.7 Å². The van der Waals surface area contributed by atoms with Crippen molar-refractivity contribution < 1.29 is 14.4 Å². The second-order valence-corrected chi connectivity index (χ2v) is 8.40. The van der Waals surface area contributed by atoms with Crippen molar-refractivity contribution in [3.05, 3.63) is 77.0 Å². The fourth-order valence-electron chi connectivity index (χ4n) is 4.33. The molecule has 2 atom stereocenters. The van der Waals surface area contributed by atoms with Crippen LogP contribution < -0.4 is 10.6 Å². The fourth-order valence-corrected chi connectivity index (χ4v) is 4.33. The van der Waals surface area contributed by atoms with Gasteiger partial charge < -0.3 is 10.6 Å². The third-order valence-electron chi connectivity index (χ3n) is 5.97. The molecule has 0 fully saturated rings. The molecular formula is C25H26N2O3. The zero-order valence-corrected chi connectivity index (χ0v) is 17.3. The molecule has 2 aromatic carbocycles. The number of hydrogen-bond donors (Lipinski definition) is 2. The maximum atomic E-state index is 13.0. The van der Waals surface area contributed by atoms with Crippen molar-refractivity contribution in [2.75, 3.05) is 5.32 Å². The van der Waals surface area contributed by atoms with Crippen LogP contribution in [0.4, 0.5) is 5.69 Å². The van der Waals surface area contributed by atoms with Gasteiger partial charge in [-0.2, -0.15) is 0 Å². The summed E-state index contributed by atoms with van der Waals surface area (Å²) in [6, 6.07) is 17.5. The van der Waals surface area contributed by atoms with Crippen LogP contribution >= 0.6 is 0 Å². The number of allylic oxidation sites excluding steroid dienone is 1. The number of benzene rings is 2. The molecule has 5 nitrogen and oxygen atoms in total. The van der Waals surface area contributed by atoms with Gasteiger partial charge in [0.25, 0.3) is 0 Å². The molecule has 5 heteroatoms. The molecule has 2 amide bonds. The summed E-state index contributed by atoms with van der Waals surface area (Å²) in [6.45, 7) is 4.22. The highest BCUT2D eigenvalue weighted by molar-refractivity contribution is 6.09. The molecule has 154 valence electrons. The minimum absolute atomic E-state index is 0.00348. The van der Waals surface area contributed by atoms with Crippen molar-refractivity contribution in [2.24, 2.45) is 5.92 Å². The third-order valence-corrected chi connectivity index (χ3v) is 5.97. The summed E-state index contributed by atoms with van der Waals surface area (Å²) < 4.78 is 0. The van der Waals surface area contributed by atoms with Crippen LogP contribution in [0.2, 0.25) is 0 Å². The average molecular weight is 402 g/mol. The van der Waals surface area contributed by atoms with E-state index in [-0.39, 0.29) is 29.9 Å². The molecule has 0 spiro atoms. The molecule has 4 rings (SSSR count). The molecular weight excluding hydrogens is 376 g/mol. The number of rotatable bonds is 4. The molecule has 0 saturated heterocycles. The molecule has 0 unspecified atom stereocenters. The van der Waals surface area contributed by atoms with Gasteiger partial charge in [-0.25, -0.2) is 0 Å². The Morgan fingerprint density at radius 1 is 0.967 bits per heavy atom. The van der Waals surface area contributed by atoms with Gasteiger partial charge in [0.15, 0.2) is 5.78 Å². The lowest BCUT2D eigenvalue weighted by Gasteiger charge is -2.33. The van der Waals surface area contributed by atoms with Gasteiger partial charge in [-0.3, -0.25) is 14.4 Å². The number of carbonyl (C=O) groups is 3. The van der Waals surface area contributed by atoms with Gasteiger partial charge in [0, 0.05) is 29.8 Å². The number of nitrogens with one attached hydrogen (secondary N) is 2. The first-order valence-electron chi connectivity index (χ1n) is 10.4. The number of Topliss-reactive ketones (excluding diaryl/α,β-unsaturated/α-hetero) is 1. The molecule has 2 N–H and O–H groups in total. The van der Waals surface area contributed by atoms with Crippen LogP contribution in [-0.2, 0) is 14.4 Å². The van der Waals surface area contributed by atoms with Crippen molar-refractivity contribution in [2.45, 2.75) is 44.9 Å². The van der Waals surface area contributed by atoms with Crippen LogP contribution in [0, 0.1) is 5.92 Å². The number of amides is 2. The lowest BCUT2D eigenvalue weighted by atomic mass is 9.75. The van der Waals surface area contributed by atoms with Crippen LogP contribution in [0.5, 0.6) is 0 Å². The van der Waals surface area contributed by atoms with Crippen LogP contribution in [0.3, 0.4) is 0 Å². The fraction of sp³-hybridized carbons (Fsp3) is 0.320. The van der Waals surface area contributed by atoms with Crippen molar-refractivity contribution >= 4 is 23.3 Å². The zero-order chi connectivity index (χ0) is 21.3. The Kier molecular flexibility index (Phi) is 5.53. The molecule has 0 radical (unpaired) electrons.